The molecule has 3 nitrogen and oxygen atoms in total. The summed E-state index contributed by atoms with van der Waals surface area (Å²) in [5, 5.41) is 2.35. The van der Waals surface area contributed by atoms with Gasteiger partial charge in [-0.1, -0.05) is 22.9 Å². The van der Waals surface area contributed by atoms with Crippen LogP contribution in [0, 0.1) is 0 Å². The number of rotatable bonds is 3. The van der Waals surface area contributed by atoms with Crippen LogP contribution in [0.4, 0.5) is 18.9 Å². The highest BCUT2D eigenvalue weighted by molar-refractivity contribution is 9.10. The molecular weight excluding hydrogens is 348 g/mol. The molecule has 0 saturated heterocycles. The van der Waals surface area contributed by atoms with Crippen LogP contribution < -0.4 is 11.1 Å². The minimum atomic E-state index is -4.46. The molecule has 0 radical (unpaired) electrons. The molecule has 1 rings (SSSR count). The lowest BCUT2D eigenvalue weighted by Gasteiger charge is -2.13. The number of halogens is 5. The van der Waals surface area contributed by atoms with Crippen LogP contribution in [-0.2, 0) is 11.0 Å². The third-order valence-corrected chi connectivity index (χ3v) is 2.73. The first-order chi connectivity index (χ1) is 8.24. The molecule has 0 bridgehead atoms. The van der Waals surface area contributed by atoms with Gasteiger partial charge in [-0.15, -0.1) is 12.4 Å². The fourth-order valence-electron chi connectivity index (χ4n) is 1.25. The van der Waals surface area contributed by atoms with Crippen molar-refractivity contribution in [2.24, 2.45) is 5.73 Å². The van der Waals surface area contributed by atoms with Crippen LogP contribution in [0.15, 0.2) is 22.7 Å². The molecule has 0 aliphatic carbocycles. The predicted octanol–water partition coefficient (Wildman–Crippen LogP) is 3.57. The standard InChI is InChI=1S/C11H12BrF3N2O.ClH/c1-2-9(16)10(18)17-8-4-6(11(13,14)15)3-7(12)5-8;/h3-5,9H,2,16H2,1H3,(H,17,18);1H/t9-;/m0./s1. The summed E-state index contributed by atoms with van der Waals surface area (Å²) in [7, 11) is 0. The first-order valence-electron chi connectivity index (χ1n) is 5.18. The van der Waals surface area contributed by atoms with Gasteiger partial charge in [0.15, 0.2) is 0 Å². The lowest BCUT2D eigenvalue weighted by atomic mass is 10.1. The van der Waals surface area contributed by atoms with E-state index >= 15 is 0 Å². The van der Waals surface area contributed by atoms with Crippen molar-refractivity contribution in [3.63, 3.8) is 0 Å². The van der Waals surface area contributed by atoms with Crippen LogP contribution in [0.2, 0.25) is 0 Å². The van der Waals surface area contributed by atoms with Gasteiger partial charge in [0.25, 0.3) is 0 Å². The van der Waals surface area contributed by atoms with Crippen molar-refractivity contribution in [2.75, 3.05) is 5.32 Å². The molecular formula is C11H13BrClF3N2O. The third-order valence-electron chi connectivity index (χ3n) is 2.27. The van der Waals surface area contributed by atoms with Crippen molar-refractivity contribution >= 4 is 39.9 Å². The van der Waals surface area contributed by atoms with E-state index in [1.807, 2.05) is 0 Å². The Hall–Kier alpha value is -0.790. The zero-order chi connectivity index (χ0) is 13.9. The van der Waals surface area contributed by atoms with Gasteiger partial charge in [-0.05, 0) is 24.6 Å². The van der Waals surface area contributed by atoms with Gasteiger partial charge in [-0.2, -0.15) is 13.2 Å². The largest absolute Gasteiger partial charge is 0.416 e. The Kier molecular flexibility index (Phi) is 6.82. The quantitative estimate of drug-likeness (QED) is 0.865. The Bertz CT molecular complexity index is 454. The summed E-state index contributed by atoms with van der Waals surface area (Å²) < 4.78 is 37.9. The maximum atomic E-state index is 12.6. The first kappa shape index (κ1) is 18.2. The molecule has 1 aromatic rings. The fraction of sp³-hybridized carbons (Fsp3) is 0.364. The summed E-state index contributed by atoms with van der Waals surface area (Å²) in [4.78, 5) is 11.5. The van der Waals surface area contributed by atoms with E-state index in [-0.39, 0.29) is 22.6 Å². The monoisotopic (exact) mass is 360 g/mol. The minimum absolute atomic E-state index is 0. The molecule has 0 aliphatic rings. The Balaban J connectivity index is 0.00000324. The van der Waals surface area contributed by atoms with Gasteiger partial charge >= 0.3 is 6.18 Å². The average Bonchev–Trinajstić information content (AvgIpc) is 2.25. The zero-order valence-electron chi connectivity index (χ0n) is 9.92. The lowest BCUT2D eigenvalue weighted by Crippen LogP contribution is -2.34. The van der Waals surface area contributed by atoms with E-state index in [9.17, 15) is 18.0 Å². The molecule has 0 heterocycles. The first-order valence-corrected chi connectivity index (χ1v) is 5.97. The Morgan fingerprint density at radius 2 is 2.00 bits per heavy atom. The fourth-order valence-corrected chi connectivity index (χ4v) is 1.74. The van der Waals surface area contributed by atoms with Gasteiger partial charge < -0.3 is 11.1 Å². The van der Waals surface area contributed by atoms with E-state index in [4.69, 9.17) is 5.73 Å². The van der Waals surface area contributed by atoms with Gasteiger partial charge in [0.1, 0.15) is 0 Å². The number of carbonyl (C=O) groups excluding carboxylic acids is 1. The van der Waals surface area contributed by atoms with Gasteiger partial charge in [0, 0.05) is 10.2 Å². The number of hydrogen-bond acceptors (Lipinski definition) is 2. The highest BCUT2D eigenvalue weighted by Crippen LogP contribution is 2.33. The van der Waals surface area contributed by atoms with Crippen LogP contribution in [0.5, 0.6) is 0 Å². The topological polar surface area (TPSA) is 55.1 Å². The molecule has 19 heavy (non-hydrogen) atoms. The predicted molar refractivity (Wildman–Crippen MR) is 73.3 cm³/mol. The van der Waals surface area contributed by atoms with Crippen LogP contribution in [-0.4, -0.2) is 11.9 Å². The number of nitrogens with two attached hydrogens (primary N) is 1. The maximum absolute atomic E-state index is 12.6. The number of anilines is 1. The van der Waals surface area contributed by atoms with E-state index in [0.717, 1.165) is 12.1 Å². The smallest absolute Gasteiger partial charge is 0.325 e. The third kappa shape index (κ3) is 5.38. The van der Waals surface area contributed by atoms with Gasteiger partial charge in [-0.3, -0.25) is 4.79 Å². The molecule has 0 unspecified atom stereocenters. The van der Waals surface area contributed by atoms with Crippen LogP contribution in [0.3, 0.4) is 0 Å². The molecule has 0 saturated carbocycles. The number of carbonyl (C=O) groups is 1. The molecule has 0 spiro atoms. The minimum Gasteiger partial charge on any atom is -0.325 e. The van der Waals surface area contributed by atoms with Crippen molar-refractivity contribution in [3.8, 4) is 0 Å². The number of hydrogen-bond donors (Lipinski definition) is 2. The molecule has 1 aromatic carbocycles. The second kappa shape index (κ2) is 7.12. The van der Waals surface area contributed by atoms with Crippen molar-refractivity contribution in [1.82, 2.24) is 0 Å². The Morgan fingerprint density at radius 3 is 2.47 bits per heavy atom. The van der Waals surface area contributed by atoms with Crippen LogP contribution in [0.25, 0.3) is 0 Å². The summed E-state index contributed by atoms with van der Waals surface area (Å²) in [5.41, 5.74) is 4.71. The molecule has 1 atom stereocenters. The summed E-state index contributed by atoms with van der Waals surface area (Å²) >= 11 is 2.97. The summed E-state index contributed by atoms with van der Waals surface area (Å²) in [5.74, 6) is -0.510. The van der Waals surface area contributed by atoms with E-state index in [1.165, 1.54) is 6.07 Å². The molecule has 1 amide bonds. The van der Waals surface area contributed by atoms with E-state index < -0.39 is 23.7 Å². The molecule has 0 fully saturated rings. The molecule has 3 N–H and O–H groups in total. The van der Waals surface area contributed by atoms with Crippen molar-refractivity contribution in [1.29, 1.82) is 0 Å². The molecule has 108 valence electrons. The summed E-state index contributed by atoms with van der Waals surface area (Å²) in [6, 6.07) is 2.45. The number of alkyl halides is 3. The highest BCUT2D eigenvalue weighted by atomic mass is 79.9. The highest BCUT2D eigenvalue weighted by Gasteiger charge is 2.31. The molecule has 0 aromatic heterocycles. The van der Waals surface area contributed by atoms with Crippen molar-refractivity contribution in [2.45, 2.75) is 25.6 Å². The van der Waals surface area contributed by atoms with Gasteiger partial charge in [0.05, 0.1) is 11.6 Å². The SMILES string of the molecule is CC[C@H](N)C(=O)Nc1cc(Br)cc(C(F)(F)F)c1.Cl. The number of benzene rings is 1. The zero-order valence-corrected chi connectivity index (χ0v) is 12.3. The molecule has 8 heteroatoms. The number of nitrogens with one attached hydrogen (secondary N) is 1. The van der Waals surface area contributed by atoms with E-state index in [0.29, 0.717) is 6.42 Å². The summed E-state index contributed by atoms with van der Waals surface area (Å²) in [6.45, 7) is 1.71. The van der Waals surface area contributed by atoms with Crippen molar-refractivity contribution in [3.05, 3.63) is 28.2 Å². The van der Waals surface area contributed by atoms with Crippen molar-refractivity contribution < 1.29 is 18.0 Å². The normalized spacial score (nSPS) is 12.5. The Labute approximate surface area is 123 Å². The van der Waals surface area contributed by atoms with Gasteiger partial charge in [-0.25, -0.2) is 0 Å². The lowest BCUT2D eigenvalue weighted by molar-refractivity contribution is -0.137. The van der Waals surface area contributed by atoms with Gasteiger partial charge in [0.2, 0.25) is 5.91 Å². The van der Waals surface area contributed by atoms with E-state index in [1.54, 1.807) is 6.92 Å². The average molecular weight is 362 g/mol. The molecule has 0 aliphatic heterocycles. The maximum Gasteiger partial charge on any atom is 0.416 e. The number of amides is 1. The Morgan fingerprint density at radius 1 is 1.42 bits per heavy atom. The van der Waals surface area contributed by atoms with Crippen LogP contribution in [0.1, 0.15) is 18.9 Å². The second-order valence-corrected chi connectivity index (χ2v) is 4.65. The second-order valence-electron chi connectivity index (χ2n) is 3.73. The summed E-state index contributed by atoms with van der Waals surface area (Å²) in [6.07, 6.45) is -4.05. The van der Waals surface area contributed by atoms with E-state index in [2.05, 4.69) is 21.2 Å². The van der Waals surface area contributed by atoms with Crippen LogP contribution >= 0.6 is 28.3 Å².